The number of hydrogen-bond acceptors (Lipinski definition) is 7. The molecular weight excluding hydrogens is 519 g/mol. The molecule has 9 nitrogen and oxygen atoms in total. The first kappa shape index (κ1) is 26.8. The van der Waals surface area contributed by atoms with Crippen molar-refractivity contribution >= 4 is 39.3 Å². The first-order valence-corrected chi connectivity index (χ1v) is 13.9. The molecule has 0 aliphatic carbocycles. The Morgan fingerprint density at radius 1 is 1.27 bits per heavy atom. The average molecular weight is 545 g/mol. The molecule has 0 radical (unpaired) electrons. The molecule has 12 heteroatoms. The number of ether oxygens (including phenoxy) is 1. The number of nitriles is 1. The summed E-state index contributed by atoms with van der Waals surface area (Å²) in [6.07, 6.45) is -0.0795. The van der Waals surface area contributed by atoms with Gasteiger partial charge in [0.25, 0.3) is 0 Å². The minimum absolute atomic E-state index is 0.0795. The molecule has 194 valence electrons. The van der Waals surface area contributed by atoms with E-state index in [4.69, 9.17) is 4.74 Å². The normalized spacial score (nSPS) is 18.7. The van der Waals surface area contributed by atoms with Gasteiger partial charge in [-0.3, -0.25) is 9.59 Å². The molecule has 1 fully saturated rings. The topological polar surface area (TPSA) is 129 Å². The van der Waals surface area contributed by atoms with Crippen molar-refractivity contribution in [2.75, 3.05) is 37.4 Å². The number of nitrogens with one attached hydrogen (secondary N) is 2. The van der Waals surface area contributed by atoms with Gasteiger partial charge in [0.1, 0.15) is 5.82 Å². The number of amides is 2. The molecule has 37 heavy (non-hydrogen) atoms. The van der Waals surface area contributed by atoms with Crippen LogP contribution in [-0.2, 0) is 24.3 Å². The van der Waals surface area contributed by atoms with Crippen LogP contribution in [0.4, 0.5) is 10.1 Å². The number of rotatable bonds is 7. The summed E-state index contributed by atoms with van der Waals surface area (Å²) in [5.74, 6) is -2.28. The fourth-order valence-corrected chi connectivity index (χ4v) is 6.71. The van der Waals surface area contributed by atoms with Crippen LogP contribution in [0.3, 0.4) is 0 Å². The molecule has 4 rings (SSSR count). The zero-order valence-corrected chi connectivity index (χ0v) is 21.6. The number of allylic oxidation sites excluding steroid dienone is 1. The van der Waals surface area contributed by atoms with E-state index in [9.17, 15) is 27.7 Å². The Morgan fingerprint density at radius 2 is 2.00 bits per heavy atom. The van der Waals surface area contributed by atoms with Crippen molar-refractivity contribution in [3.05, 3.63) is 70.0 Å². The van der Waals surface area contributed by atoms with Gasteiger partial charge in [-0.15, -0.1) is 0 Å². The Hall–Kier alpha value is -3.24. The largest absolute Gasteiger partial charge is 0.379 e. The van der Waals surface area contributed by atoms with Crippen LogP contribution in [-0.4, -0.2) is 56.6 Å². The van der Waals surface area contributed by atoms with Crippen molar-refractivity contribution in [2.24, 2.45) is 0 Å². The zero-order valence-electron chi connectivity index (χ0n) is 20.0. The van der Waals surface area contributed by atoms with Gasteiger partial charge in [0.2, 0.25) is 21.8 Å². The van der Waals surface area contributed by atoms with E-state index in [1.54, 1.807) is 25.1 Å². The van der Waals surface area contributed by atoms with Gasteiger partial charge >= 0.3 is 0 Å². The number of carbonyl (C=O) groups is 2. The van der Waals surface area contributed by atoms with E-state index in [1.165, 1.54) is 28.6 Å². The predicted molar refractivity (Wildman–Crippen MR) is 136 cm³/mol. The Kier molecular flexibility index (Phi) is 8.29. The van der Waals surface area contributed by atoms with Crippen LogP contribution >= 0.6 is 11.8 Å². The summed E-state index contributed by atoms with van der Waals surface area (Å²) in [4.78, 5) is 25.1. The summed E-state index contributed by atoms with van der Waals surface area (Å²) < 4.78 is 47.2. The number of anilines is 1. The number of carbonyl (C=O) groups excluding carboxylic acids is 2. The highest BCUT2D eigenvalue weighted by atomic mass is 32.2. The summed E-state index contributed by atoms with van der Waals surface area (Å²) in [5.41, 5.74) is 1.27. The van der Waals surface area contributed by atoms with Gasteiger partial charge in [-0.05, 0) is 36.2 Å². The fourth-order valence-electron chi connectivity index (χ4n) is 4.17. The molecule has 0 saturated carbocycles. The first-order chi connectivity index (χ1) is 17.7. The molecule has 2 heterocycles. The summed E-state index contributed by atoms with van der Waals surface area (Å²) >= 11 is 0.951. The van der Waals surface area contributed by atoms with Crippen LogP contribution in [0, 0.1) is 24.1 Å². The highest BCUT2D eigenvalue weighted by molar-refractivity contribution is 8.03. The Labute approximate surface area is 218 Å². The highest BCUT2D eigenvalue weighted by Crippen LogP contribution is 2.37. The molecule has 2 N–H and O–H groups in total. The van der Waals surface area contributed by atoms with Crippen LogP contribution in [0.2, 0.25) is 0 Å². The maximum Gasteiger partial charge on any atom is 0.243 e. The van der Waals surface area contributed by atoms with E-state index < -0.39 is 27.7 Å². The van der Waals surface area contributed by atoms with E-state index in [2.05, 4.69) is 16.7 Å². The fraction of sp³-hybridized carbons (Fsp3) is 0.320. The SMILES string of the molecule is Cc1ccc(NC(=O)CSC2=C(C#N)[C@@H](c3ccccc3F)CC(=O)N2)cc1S(=O)(=O)N1CCOCC1. The van der Waals surface area contributed by atoms with Gasteiger partial charge in [-0.2, -0.15) is 9.57 Å². The van der Waals surface area contributed by atoms with E-state index in [0.717, 1.165) is 11.8 Å². The van der Waals surface area contributed by atoms with Gasteiger partial charge in [0, 0.05) is 31.1 Å². The molecule has 0 unspecified atom stereocenters. The second kappa shape index (κ2) is 11.4. The molecule has 2 aliphatic heterocycles. The predicted octanol–water partition coefficient (Wildman–Crippen LogP) is 2.87. The van der Waals surface area contributed by atoms with Crippen LogP contribution in [0.5, 0.6) is 0 Å². The number of sulfonamides is 1. The summed E-state index contributed by atoms with van der Waals surface area (Å²) in [6.45, 7) is 2.83. The number of thioether (sulfide) groups is 1. The molecule has 1 atom stereocenters. The van der Waals surface area contributed by atoms with E-state index in [0.29, 0.717) is 24.5 Å². The minimum Gasteiger partial charge on any atom is -0.379 e. The third-order valence-corrected chi connectivity index (χ3v) is 9.10. The van der Waals surface area contributed by atoms with Crippen LogP contribution in [0.25, 0.3) is 0 Å². The van der Waals surface area contributed by atoms with Crippen molar-refractivity contribution in [1.82, 2.24) is 9.62 Å². The maximum absolute atomic E-state index is 14.4. The summed E-state index contributed by atoms with van der Waals surface area (Å²) in [6, 6.07) is 12.7. The second-order valence-corrected chi connectivity index (χ2v) is 11.4. The quantitative estimate of drug-likeness (QED) is 0.549. The molecular formula is C25H25FN4O5S2. The molecule has 2 amide bonds. The van der Waals surface area contributed by atoms with Crippen LogP contribution < -0.4 is 10.6 Å². The molecule has 0 spiro atoms. The first-order valence-electron chi connectivity index (χ1n) is 11.5. The van der Waals surface area contributed by atoms with Gasteiger partial charge in [0.15, 0.2) is 0 Å². The molecule has 0 bridgehead atoms. The number of hydrogen-bond donors (Lipinski definition) is 2. The summed E-state index contributed by atoms with van der Waals surface area (Å²) in [7, 11) is -3.76. The van der Waals surface area contributed by atoms with Gasteiger partial charge in [-0.25, -0.2) is 12.8 Å². The van der Waals surface area contributed by atoms with E-state index in [1.807, 2.05) is 0 Å². The number of morpholine rings is 1. The van der Waals surface area contributed by atoms with Crippen LogP contribution in [0.1, 0.15) is 23.5 Å². The number of nitrogens with zero attached hydrogens (tertiary/aromatic N) is 2. The van der Waals surface area contributed by atoms with Gasteiger partial charge in [0.05, 0.1) is 40.5 Å². The number of aryl methyl sites for hydroxylation is 1. The third kappa shape index (κ3) is 6.02. The van der Waals surface area contributed by atoms with Crippen molar-refractivity contribution < 1.29 is 27.1 Å². The van der Waals surface area contributed by atoms with Crippen molar-refractivity contribution in [3.63, 3.8) is 0 Å². The van der Waals surface area contributed by atoms with Gasteiger partial charge in [-0.1, -0.05) is 36.0 Å². The summed E-state index contributed by atoms with van der Waals surface area (Å²) in [5, 5.41) is 15.2. The van der Waals surface area contributed by atoms with Crippen molar-refractivity contribution in [3.8, 4) is 6.07 Å². The smallest absolute Gasteiger partial charge is 0.243 e. The lowest BCUT2D eigenvalue weighted by Gasteiger charge is -2.27. The van der Waals surface area contributed by atoms with Gasteiger partial charge < -0.3 is 15.4 Å². The standard InChI is InChI=1S/C25H25FN4O5S2/c1-16-6-7-17(12-22(16)37(33,34)30-8-10-35-11-9-30)28-24(32)15-36-25-20(14-27)19(13-23(31)29-25)18-4-2-3-5-21(18)26/h2-7,12,19H,8-11,13,15H2,1H3,(H,28,32)(H,29,31)/t19-/m1/s1. The van der Waals surface area contributed by atoms with Crippen molar-refractivity contribution in [2.45, 2.75) is 24.2 Å². The van der Waals surface area contributed by atoms with E-state index >= 15 is 0 Å². The molecule has 0 aromatic heterocycles. The average Bonchev–Trinajstić information content (AvgIpc) is 2.89. The maximum atomic E-state index is 14.4. The Morgan fingerprint density at radius 3 is 2.70 bits per heavy atom. The van der Waals surface area contributed by atoms with E-state index in [-0.39, 0.29) is 52.2 Å². The van der Waals surface area contributed by atoms with Crippen LogP contribution in [0.15, 0.2) is 58.0 Å². The molecule has 2 aromatic rings. The molecule has 2 aliphatic rings. The Balaban J connectivity index is 1.49. The van der Waals surface area contributed by atoms with Crippen molar-refractivity contribution in [1.29, 1.82) is 5.26 Å². The Bertz CT molecular complexity index is 1400. The molecule has 2 aromatic carbocycles. The zero-order chi connectivity index (χ0) is 26.6. The lowest BCUT2D eigenvalue weighted by atomic mass is 9.87. The minimum atomic E-state index is -3.76. The highest BCUT2D eigenvalue weighted by Gasteiger charge is 2.32. The molecule has 1 saturated heterocycles. The monoisotopic (exact) mass is 544 g/mol. The third-order valence-electron chi connectivity index (χ3n) is 6.04. The lowest BCUT2D eigenvalue weighted by Crippen LogP contribution is -2.40. The second-order valence-electron chi connectivity index (χ2n) is 8.51. The number of halogens is 1. The number of benzene rings is 2. The lowest BCUT2D eigenvalue weighted by molar-refractivity contribution is -0.121.